The van der Waals surface area contributed by atoms with Crippen LogP contribution in [0.5, 0.6) is 0 Å². The number of hydrogen-bond donors (Lipinski definition) is 0. The molecule has 3 rings (SSSR count). The van der Waals surface area contributed by atoms with E-state index in [1.54, 1.807) is 11.3 Å². The van der Waals surface area contributed by atoms with Crippen LogP contribution in [0.15, 0.2) is 35.8 Å². The van der Waals surface area contributed by atoms with Gasteiger partial charge in [0.15, 0.2) is 5.65 Å². The Kier molecular flexibility index (Phi) is 2.84. The van der Waals surface area contributed by atoms with Gasteiger partial charge in [-0.15, -0.1) is 11.3 Å². The SMILES string of the molecule is CCc1ccccc1-c1nc2ncsc2cc1C. The van der Waals surface area contributed by atoms with Crippen LogP contribution in [0.3, 0.4) is 0 Å². The standard InChI is InChI=1S/C15H14N2S/c1-3-11-6-4-5-7-12(11)14-10(2)8-13-15(17-14)16-9-18-13/h4-9H,3H2,1-2H3. The summed E-state index contributed by atoms with van der Waals surface area (Å²) in [7, 11) is 0. The molecule has 0 saturated heterocycles. The molecule has 0 amide bonds. The van der Waals surface area contributed by atoms with Gasteiger partial charge in [0.2, 0.25) is 0 Å². The van der Waals surface area contributed by atoms with Gasteiger partial charge in [-0.05, 0) is 30.5 Å². The molecule has 0 aliphatic carbocycles. The van der Waals surface area contributed by atoms with Gasteiger partial charge in [0.25, 0.3) is 0 Å². The van der Waals surface area contributed by atoms with Crippen molar-refractivity contribution in [3.05, 3.63) is 47.0 Å². The summed E-state index contributed by atoms with van der Waals surface area (Å²) >= 11 is 1.64. The van der Waals surface area contributed by atoms with Gasteiger partial charge in [-0.2, -0.15) is 0 Å². The largest absolute Gasteiger partial charge is 0.227 e. The van der Waals surface area contributed by atoms with Crippen LogP contribution < -0.4 is 0 Å². The highest BCUT2D eigenvalue weighted by Crippen LogP contribution is 2.28. The van der Waals surface area contributed by atoms with Gasteiger partial charge >= 0.3 is 0 Å². The lowest BCUT2D eigenvalue weighted by atomic mass is 9.99. The van der Waals surface area contributed by atoms with E-state index in [-0.39, 0.29) is 0 Å². The Hall–Kier alpha value is -1.74. The number of rotatable bonds is 2. The minimum absolute atomic E-state index is 0.853. The molecule has 0 spiro atoms. The van der Waals surface area contributed by atoms with Gasteiger partial charge in [0, 0.05) is 5.56 Å². The van der Waals surface area contributed by atoms with E-state index in [1.807, 2.05) is 5.51 Å². The molecule has 0 N–H and O–H groups in total. The zero-order valence-electron chi connectivity index (χ0n) is 10.5. The maximum absolute atomic E-state index is 4.71. The van der Waals surface area contributed by atoms with Crippen LogP contribution in [0.1, 0.15) is 18.1 Å². The highest BCUT2D eigenvalue weighted by Gasteiger charge is 2.10. The third-order valence-electron chi connectivity index (χ3n) is 3.17. The molecule has 2 heterocycles. The number of nitrogens with zero attached hydrogens (tertiary/aromatic N) is 2. The summed E-state index contributed by atoms with van der Waals surface area (Å²) in [4.78, 5) is 9.02. The van der Waals surface area contributed by atoms with Crippen LogP contribution in [-0.4, -0.2) is 9.97 Å². The molecule has 90 valence electrons. The quantitative estimate of drug-likeness (QED) is 0.684. The zero-order chi connectivity index (χ0) is 12.5. The third kappa shape index (κ3) is 1.81. The smallest absolute Gasteiger partial charge is 0.170 e. The topological polar surface area (TPSA) is 25.8 Å². The minimum atomic E-state index is 0.853. The van der Waals surface area contributed by atoms with Crippen LogP contribution in [0.4, 0.5) is 0 Å². The number of pyridine rings is 1. The molecule has 3 heteroatoms. The first-order chi connectivity index (χ1) is 8.79. The van der Waals surface area contributed by atoms with Crippen LogP contribution in [0.25, 0.3) is 21.6 Å². The van der Waals surface area contributed by atoms with Crippen molar-refractivity contribution in [3.63, 3.8) is 0 Å². The maximum Gasteiger partial charge on any atom is 0.170 e. The molecule has 1 aromatic carbocycles. The summed E-state index contributed by atoms with van der Waals surface area (Å²) < 4.78 is 1.16. The monoisotopic (exact) mass is 254 g/mol. The molecular formula is C15H14N2S. The molecule has 0 saturated carbocycles. The average Bonchev–Trinajstić information content (AvgIpc) is 2.84. The van der Waals surface area contributed by atoms with Gasteiger partial charge in [0.1, 0.15) is 0 Å². The van der Waals surface area contributed by atoms with E-state index in [0.717, 1.165) is 22.5 Å². The lowest BCUT2D eigenvalue weighted by Crippen LogP contribution is -1.93. The Labute approximate surface area is 110 Å². The molecule has 18 heavy (non-hydrogen) atoms. The van der Waals surface area contributed by atoms with E-state index in [4.69, 9.17) is 4.98 Å². The second kappa shape index (κ2) is 4.50. The molecule has 0 fully saturated rings. The Morgan fingerprint density at radius 2 is 2.06 bits per heavy atom. The molecule has 0 unspecified atom stereocenters. The van der Waals surface area contributed by atoms with Crippen molar-refractivity contribution in [1.82, 2.24) is 9.97 Å². The van der Waals surface area contributed by atoms with Crippen LogP contribution in [0.2, 0.25) is 0 Å². The number of aromatic nitrogens is 2. The van der Waals surface area contributed by atoms with Crippen molar-refractivity contribution in [2.24, 2.45) is 0 Å². The van der Waals surface area contributed by atoms with E-state index in [9.17, 15) is 0 Å². The first kappa shape index (κ1) is 11.4. The molecule has 0 aliphatic heterocycles. The van der Waals surface area contributed by atoms with Gasteiger partial charge in [-0.1, -0.05) is 31.2 Å². The number of hydrogen-bond acceptors (Lipinski definition) is 3. The fraction of sp³-hybridized carbons (Fsp3) is 0.200. The van der Waals surface area contributed by atoms with Gasteiger partial charge in [0.05, 0.1) is 15.9 Å². The summed E-state index contributed by atoms with van der Waals surface area (Å²) in [6.45, 7) is 4.30. The molecule has 2 nitrogen and oxygen atoms in total. The van der Waals surface area contributed by atoms with E-state index >= 15 is 0 Å². The summed E-state index contributed by atoms with van der Waals surface area (Å²) in [6.07, 6.45) is 1.02. The summed E-state index contributed by atoms with van der Waals surface area (Å²) in [6, 6.07) is 10.6. The zero-order valence-corrected chi connectivity index (χ0v) is 11.3. The Bertz CT molecular complexity index is 701. The highest BCUT2D eigenvalue weighted by molar-refractivity contribution is 7.16. The van der Waals surface area contributed by atoms with Gasteiger partial charge in [-0.25, -0.2) is 9.97 Å². The van der Waals surface area contributed by atoms with Crippen LogP contribution in [0, 0.1) is 6.92 Å². The first-order valence-corrected chi connectivity index (χ1v) is 6.96. The van der Waals surface area contributed by atoms with Crippen molar-refractivity contribution in [1.29, 1.82) is 0 Å². The van der Waals surface area contributed by atoms with Crippen molar-refractivity contribution in [3.8, 4) is 11.3 Å². The average molecular weight is 254 g/mol. The molecule has 2 aromatic heterocycles. The van der Waals surface area contributed by atoms with E-state index < -0.39 is 0 Å². The first-order valence-electron chi connectivity index (χ1n) is 6.08. The molecule has 0 radical (unpaired) electrons. The van der Waals surface area contributed by atoms with E-state index in [0.29, 0.717) is 0 Å². The van der Waals surface area contributed by atoms with Crippen molar-refractivity contribution >= 4 is 21.7 Å². The normalized spacial score (nSPS) is 11.0. The van der Waals surface area contributed by atoms with Crippen molar-refractivity contribution < 1.29 is 0 Å². The summed E-state index contributed by atoms with van der Waals surface area (Å²) in [5, 5.41) is 0. The highest BCUT2D eigenvalue weighted by atomic mass is 32.1. The second-order valence-corrected chi connectivity index (χ2v) is 5.23. The maximum atomic E-state index is 4.71. The predicted molar refractivity (Wildman–Crippen MR) is 77.0 cm³/mol. The van der Waals surface area contributed by atoms with Gasteiger partial charge < -0.3 is 0 Å². The third-order valence-corrected chi connectivity index (χ3v) is 3.93. The van der Waals surface area contributed by atoms with Crippen molar-refractivity contribution in [2.45, 2.75) is 20.3 Å². The Morgan fingerprint density at radius 3 is 2.89 bits per heavy atom. The van der Waals surface area contributed by atoms with E-state index in [2.05, 4.69) is 49.2 Å². The Morgan fingerprint density at radius 1 is 1.22 bits per heavy atom. The number of aryl methyl sites for hydroxylation is 2. The summed E-state index contributed by atoms with van der Waals surface area (Å²) in [5.74, 6) is 0. The number of fused-ring (bicyclic) bond motifs is 1. The molecular weight excluding hydrogens is 240 g/mol. The van der Waals surface area contributed by atoms with E-state index in [1.165, 1.54) is 16.7 Å². The molecule has 3 aromatic rings. The lowest BCUT2D eigenvalue weighted by molar-refractivity contribution is 1.13. The minimum Gasteiger partial charge on any atom is -0.227 e. The second-order valence-electron chi connectivity index (χ2n) is 4.34. The molecule has 0 bridgehead atoms. The Balaban J connectivity index is 2.27. The van der Waals surface area contributed by atoms with Gasteiger partial charge in [-0.3, -0.25) is 0 Å². The lowest BCUT2D eigenvalue weighted by Gasteiger charge is -2.09. The predicted octanol–water partition coefficient (Wildman–Crippen LogP) is 4.23. The van der Waals surface area contributed by atoms with Crippen LogP contribution in [-0.2, 0) is 6.42 Å². The molecule has 0 aliphatic rings. The fourth-order valence-corrected chi connectivity index (χ4v) is 2.94. The summed E-state index contributed by atoms with van der Waals surface area (Å²) in [5.41, 5.74) is 7.55. The molecule has 0 atom stereocenters. The van der Waals surface area contributed by atoms with Crippen LogP contribution >= 0.6 is 11.3 Å². The fourth-order valence-electron chi connectivity index (χ4n) is 2.22. The van der Waals surface area contributed by atoms with Crippen molar-refractivity contribution in [2.75, 3.05) is 0 Å². The number of thiazole rings is 1. The number of benzene rings is 1.